The lowest BCUT2D eigenvalue weighted by Crippen LogP contribution is -2.08. The summed E-state index contributed by atoms with van der Waals surface area (Å²) >= 11 is 0. The number of hydrogen-bond donors (Lipinski definition) is 2. The molecule has 3 heteroatoms. The second-order valence-electron chi connectivity index (χ2n) is 4.03. The summed E-state index contributed by atoms with van der Waals surface area (Å²) in [6.07, 6.45) is 0. The molecule has 1 aromatic carbocycles. The molecule has 0 bridgehead atoms. The molecule has 0 aliphatic rings. The molecule has 0 radical (unpaired) electrons. The van der Waals surface area contributed by atoms with E-state index < -0.39 is 0 Å². The van der Waals surface area contributed by atoms with Crippen LogP contribution in [0, 0.1) is 6.92 Å². The van der Waals surface area contributed by atoms with Gasteiger partial charge in [-0.25, -0.2) is 0 Å². The minimum atomic E-state index is -0.172. The van der Waals surface area contributed by atoms with Gasteiger partial charge in [0.25, 0.3) is 0 Å². The molecule has 0 aromatic heterocycles. The monoisotopic (exact) mass is 207 g/mol. The number of anilines is 1. The molecule has 0 fully saturated rings. The molecule has 0 saturated heterocycles. The van der Waals surface area contributed by atoms with Gasteiger partial charge in [-0.3, -0.25) is 4.79 Å². The van der Waals surface area contributed by atoms with Gasteiger partial charge in [-0.15, -0.1) is 0 Å². The predicted octanol–water partition coefficient (Wildman–Crippen LogP) is 2.78. The third-order valence-corrected chi connectivity index (χ3v) is 2.34. The topological polar surface area (TPSA) is 49.3 Å². The Hall–Kier alpha value is -1.51. The number of carbonyl (C=O) groups is 1. The van der Waals surface area contributed by atoms with E-state index in [2.05, 4.69) is 5.32 Å². The van der Waals surface area contributed by atoms with Crippen LogP contribution >= 0.6 is 0 Å². The predicted molar refractivity (Wildman–Crippen MR) is 61.2 cm³/mol. The van der Waals surface area contributed by atoms with Crippen LogP contribution < -0.4 is 5.32 Å². The molecule has 0 heterocycles. The summed E-state index contributed by atoms with van der Waals surface area (Å²) in [6, 6.07) is 3.79. The normalized spacial score (nSPS) is 10.5. The zero-order chi connectivity index (χ0) is 11.6. The summed E-state index contributed by atoms with van der Waals surface area (Å²) in [4.78, 5) is 11.0. The zero-order valence-corrected chi connectivity index (χ0v) is 9.59. The molecule has 0 saturated carbocycles. The number of nitrogens with one attached hydrogen (secondary N) is 1. The Morgan fingerprint density at radius 1 is 1.40 bits per heavy atom. The molecule has 15 heavy (non-hydrogen) atoms. The van der Waals surface area contributed by atoms with E-state index in [1.807, 2.05) is 32.9 Å². The van der Waals surface area contributed by atoms with Gasteiger partial charge in [0.1, 0.15) is 5.75 Å². The first-order chi connectivity index (χ1) is 6.93. The summed E-state index contributed by atoms with van der Waals surface area (Å²) in [5.41, 5.74) is 2.24. The van der Waals surface area contributed by atoms with Crippen molar-refractivity contribution in [3.05, 3.63) is 23.3 Å². The highest BCUT2D eigenvalue weighted by Gasteiger charge is 2.13. The standard InChI is InChI=1S/C12H17NO2/c1-7(2)10-6-5-8(3)11(12(10)15)13-9(4)14/h5-7,15H,1-4H3,(H,13,14). The molecule has 1 rings (SSSR count). The fourth-order valence-electron chi connectivity index (χ4n) is 1.51. The van der Waals surface area contributed by atoms with Crippen LogP contribution in [0.4, 0.5) is 5.69 Å². The van der Waals surface area contributed by atoms with Gasteiger partial charge in [0.05, 0.1) is 5.69 Å². The van der Waals surface area contributed by atoms with Crippen LogP contribution in [0.5, 0.6) is 5.75 Å². The number of phenols is 1. The first-order valence-electron chi connectivity index (χ1n) is 5.03. The quantitative estimate of drug-likeness (QED) is 0.732. The van der Waals surface area contributed by atoms with Gasteiger partial charge < -0.3 is 10.4 Å². The van der Waals surface area contributed by atoms with E-state index in [1.54, 1.807) is 0 Å². The molecule has 82 valence electrons. The molecule has 1 aromatic rings. The second kappa shape index (κ2) is 4.34. The number of hydrogen-bond acceptors (Lipinski definition) is 2. The van der Waals surface area contributed by atoms with Crippen LogP contribution in [0.15, 0.2) is 12.1 Å². The molecular formula is C12H17NO2. The number of rotatable bonds is 2. The van der Waals surface area contributed by atoms with Crippen molar-refractivity contribution in [1.82, 2.24) is 0 Å². The van der Waals surface area contributed by atoms with Crippen LogP contribution in [0.3, 0.4) is 0 Å². The molecule has 1 amide bonds. The lowest BCUT2D eigenvalue weighted by atomic mass is 9.99. The van der Waals surface area contributed by atoms with Crippen LogP contribution in [-0.2, 0) is 4.79 Å². The fraction of sp³-hybridized carbons (Fsp3) is 0.417. The molecule has 0 aliphatic heterocycles. The van der Waals surface area contributed by atoms with Crippen LogP contribution in [-0.4, -0.2) is 11.0 Å². The Bertz CT molecular complexity index is 383. The van der Waals surface area contributed by atoms with E-state index in [4.69, 9.17) is 0 Å². The van der Waals surface area contributed by atoms with Gasteiger partial charge in [0, 0.05) is 6.92 Å². The largest absolute Gasteiger partial charge is 0.505 e. The third-order valence-electron chi connectivity index (χ3n) is 2.34. The summed E-state index contributed by atoms with van der Waals surface area (Å²) in [5, 5.41) is 12.6. The zero-order valence-electron chi connectivity index (χ0n) is 9.59. The van der Waals surface area contributed by atoms with Crippen LogP contribution in [0.1, 0.15) is 37.8 Å². The van der Waals surface area contributed by atoms with Gasteiger partial charge in [-0.05, 0) is 24.0 Å². The van der Waals surface area contributed by atoms with E-state index in [0.717, 1.165) is 11.1 Å². The highest BCUT2D eigenvalue weighted by atomic mass is 16.3. The Labute approximate surface area is 90.1 Å². The highest BCUT2D eigenvalue weighted by Crippen LogP contribution is 2.35. The van der Waals surface area contributed by atoms with E-state index in [0.29, 0.717) is 5.69 Å². The average molecular weight is 207 g/mol. The molecule has 0 unspecified atom stereocenters. The number of aryl methyl sites for hydroxylation is 1. The van der Waals surface area contributed by atoms with Crippen molar-refractivity contribution >= 4 is 11.6 Å². The van der Waals surface area contributed by atoms with E-state index in [1.165, 1.54) is 6.92 Å². The Balaban J connectivity index is 3.23. The summed E-state index contributed by atoms with van der Waals surface area (Å²) < 4.78 is 0. The number of benzene rings is 1. The van der Waals surface area contributed by atoms with Crippen LogP contribution in [0.2, 0.25) is 0 Å². The molecule has 0 aliphatic carbocycles. The fourth-order valence-corrected chi connectivity index (χ4v) is 1.51. The second-order valence-corrected chi connectivity index (χ2v) is 4.03. The van der Waals surface area contributed by atoms with Crippen molar-refractivity contribution < 1.29 is 9.90 Å². The maximum atomic E-state index is 11.0. The van der Waals surface area contributed by atoms with Gasteiger partial charge in [0.15, 0.2) is 0 Å². The lowest BCUT2D eigenvalue weighted by molar-refractivity contribution is -0.114. The average Bonchev–Trinajstić information content (AvgIpc) is 2.11. The van der Waals surface area contributed by atoms with Crippen molar-refractivity contribution in [3.8, 4) is 5.75 Å². The third kappa shape index (κ3) is 2.49. The smallest absolute Gasteiger partial charge is 0.221 e. The Kier molecular flexibility index (Phi) is 3.35. The lowest BCUT2D eigenvalue weighted by Gasteiger charge is -2.14. The van der Waals surface area contributed by atoms with E-state index >= 15 is 0 Å². The molecule has 0 spiro atoms. The van der Waals surface area contributed by atoms with Gasteiger partial charge in [-0.1, -0.05) is 26.0 Å². The van der Waals surface area contributed by atoms with Gasteiger partial charge in [-0.2, -0.15) is 0 Å². The minimum Gasteiger partial charge on any atom is -0.505 e. The van der Waals surface area contributed by atoms with E-state index in [9.17, 15) is 9.90 Å². The molecule has 0 atom stereocenters. The number of amides is 1. The number of aromatic hydroxyl groups is 1. The highest BCUT2D eigenvalue weighted by molar-refractivity contribution is 5.91. The number of phenolic OH excluding ortho intramolecular Hbond substituents is 1. The Morgan fingerprint density at radius 3 is 2.47 bits per heavy atom. The Morgan fingerprint density at radius 2 is 2.00 bits per heavy atom. The first kappa shape index (κ1) is 11.6. The molecule has 3 nitrogen and oxygen atoms in total. The summed E-state index contributed by atoms with van der Waals surface area (Å²) in [5.74, 6) is 0.243. The van der Waals surface area contributed by atoms with Crippen LogP contribution in [0.25, 0.3) is 0 Å². The van der Waals surface area contributed by atoms with Crippen molar-refractivity contribution in [2.24, 2.45) is 0 Å². The molecule has 2 N–H and O–H groups in total. The molecular weight excluding hydrogens is 190 g/mol. The minimum absolute atomic E-state index is 0.172. The SMILES string of the molecule is CC(=O)Nc1c(C)ccc(C(C)C)c1O. The summed E-state index contributed by atoms with van der Waals surface area (Å²) in [6.45, 7) is 7.29. The van der Waals surface area contributed by atoms with Gasteiger partial charge >= 0.3 is 0 Å². The summed E-state index contributed by atoms with van der Waals surface area (Å²) in [7, 11) is 0. The maximum Gasteiger partial charge on any atom is 0.221 e. The van der Waals surface area contributed by atoms with Crippen molar-refractivity contribution in [2.45, 2.75) is 33.6 Å². The van der Waals surface area contributed by atoms with Gasteiger partial charge in [0.2, 0.25) is 5.91 Å². The van der Waals surface area contributed by atoms with Crippen molar-refractivity contribution in [1.29, 1.82) is 0 Å². The van der Waals surface area contributed by atoms with E-state index in [-0.39, 0.29) is 17.6 Å². The van der Waals surface area contributed by atoms with Crippen molar-refractivity contribution in [2.75, 3.05) is 5.32 Å². The van der Waals surface area contributed by atoms with Crippen molar-refractivity contribution in [3.63, 3.8) is 0 Å². The number of carbonyl (C=O) groups excluding carboxylic acids is 1. The first-order valence-corrected chi connectivity index (χ1v) is 5.03. The maximum absolute atomic E-state index is 11.0.